The molecule has 0 aliphatic rings. The third-order valence-electron chi connectivity index (χ3n) is 2.05. The quantitative estimate of drug-likeness (QED) is 0.362. The van der Waals surface area contributed by atoms with Crippen LogP contribution in [0.15, 0.2) is 18.2 Å². The van der Waals surface area contributed by atoms with Crippen molar-refractivity contribution >= 4 is 34.2 Å². The van der Waals surface area contributed by atoms with Crippen LogP contribution in [0.25, 0.3) is 0 Å². The van der Waals surface area contributed by atoms with Crippen LogP contribution in [-0.2, 0) is 0 Å². The van der Waals surface area contributed by atoms with Gasteiger partial charge in [-0.1, -0.05) is 0 Å². The highest BCUT2D eigenvalue weighted by molar-refractivity contribution is 14.1. The van der Waals surface area contributed by atoms with Crippen LogP contribution >= 0.6 is 22.6 Å². The Morgan fingerprint density at radius 3 is 2.82 bits per heavy atom. The van der Waals surface area contributed by atoms with Crippen LogP contribution in [-0.4, -0.2) is 29.3 Å². The molecule has 0 aliphatic heterocycles. The standard InChI is InChI=1S/C10H8IN3O3/c1-13(5-4-12)10(15)8-6-7(14(16)17)2-3-9(8)11/h2-3,6H,5H2,1H3. The topological polar surface area (TPSA) is 87.2 Å². The van der Waals surface area contributed by atoms with Gasteiger partial charge in [0.25, 0.3) is 11.6 Å². The van der Waals surface area contributed by atoms with Crippen LogP contribution in [0.5, 0.6) is 0 Å². The predicted octanol–water partition coefficient (Wildman–Crippen LogP) is 1.79. The Kier molecular flexibility index (Phi) is 4.39. The molecule has 6 nitrogen and oxygen atoms in total. The normalized spacial score (nSPS) is 9.47. The summed E-state index contributed by atoms with van der Waals surface area (Å²) in [5, 5.41) is 19.1. The van der Waals surface area contributed by atoms with Gasteiger partial charge in [-0.2, -0.15) is 5.26 Å². The van der Waals surface area contributed by atoms with Gasteiger partial charge in [-0.05, 0) is 28.7 Å². The maximum atomic E-state index is 11.9. The molecule has 0 atom stereocenters. The molecule has 7 heteroatoms. The van der Waals surface area contributed by atoms with Crippen molar-refractivity contribution in [3.05, 3.63) is 37.4 Å². The number of carbonyl (C=O) groups excluding carboxylic acids is 1. The molecule has 0 bridgehead atoms. The summed E-state index contributed by atoms with van der Waals surface area (Å²) in [5.74, 6) is -0.403. The molecule has 0 radical (unpaired) electrons. The van der Waals surface area contributed by atoms with E-state index in [1.54, 1.807) is 0 Å². The van der Waals surface area contributed by atoms with Crippen LogP contribution in [0.2, 0.25) is 0 Å². The molecule has 0 aliphatic carbocycles. The van der Waals surface area contributed by atoms with E-state index in [9.17, 15) is 14.9 Å². The fourth-order valence-corrected chi connectivity index (χ4v) is 1.74. The van der Waals surface area contributed by atoms with Gasteiger partial charge in [-0.25, -0.2) is 0 Å². The maximum Gasteiger partial charge on any atom is 0.270 e. The molecule has 0 aromatic heterocycles. The van der Waals surface area contributed by atoms with Gasteiger partial charge in [-0.15, -0.1) is 0 Å². The fourth-order valence-electron chi connectivity index (χ4n) is 1.17. The van der Waals surface area contributed by atoms with E-state index in [0.717, 1.165) is 0 Å². The first-order valence-corrected chi connectivity index (χ1v) is 5.61. The molecule has 17 heavy (non-hydrogen) atoms. The van der Waals surface area contributed by atoms with Gasteiger partial charge in [0, 0.05) is 22.8 Å². The fraction of sp³-hybridized carbons (Fsp3) is 0.200. The van der Waals surface area contributed by atoms with Crippen molar-refractivity contribution < 1.29 is 9.72 Å². The maximum absolute atomic E-state index is 11.9. The van der Waals surface area contributed by atoms with E-state index < -0.39 is 10.8 Å². The zero-order valence-electron chi connectivity index (χ0n) is 8.88. The first-order chi connectivity index (χ1) is 7.97. The Bertz CT molecular complexity index is 510. The summed E-state index contributed by atoms with van der Waals surface area (Å²) in [6.45, 7) is -0.0579. The monoisotopic (exact) mass is 345 g/mol. The van der Waals surface area contributed by atoms with E-state index in [0.29, 0.717) is 3.57 Å². The summed E-state index contributed by atoms with van der Waals surface area (Å²) in [7, 11) is 1.47. The third kappa shape index (κ3) is 3.13. The SMILES string of the molecule is CN(CC#N)C(=O)c1cc([N+](=O)[O-])ccc1I. The summed E-state index contributed by atoms with van der Waals surface area (Å²) in [5.41, 5.74) is 0.0941. The van der Waals surface area contributed by atoms with Gasteiger partial charge >= 0.3 is 0 Å². The lowest BCUT2D eigenvalue weighted by Crippen LogP contribution is -2.27. The zero-order valence-corrected chi connectivity index (χ0v) is 11.0. The minimum absolute atomic E-state index is 0.0579. The number of hydrogen-bond donors (Lipinski definition) is 0. The molecule has 0 N–H and O–H groups in total. The Hall–Kier alpha value is -1.69. The first-order valence-electron chi connectivity index (χ1n) is 4.53. The molecule has 0 saturated heterocycles. The zero-order chi connectivity index (χ0) is 13.0. The molecule has 88 valence electrons. The Labute approximate surface area is 111 Å². The number of hydrogen-bond acceptors (Lipinski definition) is 4. The van der Waals surface area contributed by atoms with E-state index in [-0.39, 0.29) is 17.8 Å². The lowest BCUT2D eigenvalue weighted by molar-refractivity contribution is -0.384. The first kappa shape index (κ1) is 13.4. The second kappa shape index (κ2) is 5.58. The van der Waals surface area contributed by atoms with Crippen molar-refractivity contribution in [3.8, 4) is 6.07 Å². The summed E-state index contributed by atoms with van der Waals surface area (Å²) < 4.78 is 0.614. The summed E-state index contributed by atoms with van der Waals surface area (Å²) in [6.07, 6.45) is 0. The van der Waals surface area contributed by atoms with Gasteiger partial charge in [0.15, 0.2) is 0 Å². The lowest BCUT2D eigenvalue weighted by atomic mass is 10.2. The van der Waals surface area contributed by atoms with Gasteiger partial charge in [-0.3, -0.25) is 14.9 Å². The summed E-state index contributed by atoms with van der Waals surface area (Å²) in [6, 6.07) is 5.91. The second-order valence-electron chi connectivity index (χ2n) is 3.24. The Morgan fingerprint density at radius 2 is 2.29 bits per heavy atom. The molecule has 0 heterocycles. The number of nitrogens with zero attached hydrogens (tertiary/aromatic N) is 3. The minimum atomic E-state index is -0.558. The van der Waals surface area contributed by atoms with Crippen molar-refractivity contribution in [1.82, 2.24) is 4.90 Å². The number of nitro groups is 1. The van der Waals surface area contributed by atoms with Crippen molar-refractivity contribution in [3.63, 3.8) is 0 Å². The van der Waals surface area contributed by atoms with Crippen LogP contribution in [0.4, 0.5) is 5.69 Å². The molecule has 0 fully saturated rings. The van der Waals surface area contributed by atoms with E-state index in [2.05, 4.69) is 0 Å². The third-order valence-corrected chi connectivity index (χ3v) is 2.99. The highest BCUT2D eigenvalue weighted by Gasteiger charge is 2.18. The molecule has 1 amide bonds. The number of halogens is 1. The average molecular weight is 345 g/mol. The summed E-state index contributed by atoms with van der Waals surface area (Å²) >= 11 is 1.92. The molecule has 1 aromatic rings. The van der Waals surface area contributed by atoms with Crippen molar-refractivity contribution in [2.24, 2.45) is 0 Å². The minimum Gasteiger partial charge on any atom is -0.328 e. The van der Waals surface area contributed by atoms with Crippen LogP contribution in [0.1, 0.15) is 10.4 Å². The highest BCUT2D eigenvalue weighted by Crippen LogP contribution is 2.20. The molecular formula is C10H8IN3O3. The van der Waals surface area contributed by atoms with Crippen LogP contribution in [0, 0.1) is 25.0 Å². The number of amides is 1. The van der Waals surface area contributed by atoms with Gasteiger partial charge in [0.2, 0.25) is 0 Å². The van der Waals surface area contributed by atoms with E-state index in [4.69, 9.17) is 5.26 Å². The van der Waals surface area contributed by atoms with Gasteiger partial charge in [0.05, 0.1) is 16.6 Å². The van der Waals surface area contributed by atoms with Crippen LogP contribution in [0.3, 0.4) is 0 Å². The number of carbonyl (C=O) groups is 1. The number of nitriles is 1. The molecule has 1 aromatic carbocycles. The number of non-ortho nitro benzene ring substituents is 1. The molecular weight excluding hydrogens is 337 g/mol. The Morgan fingerprint density at radius 1 is 1.65 bits per heavy atom. The largest absolute Gasteiger partial charge is 0.328 e. The number of benzene rings is 1. The molecule has 0 spiro atoms. The number of nitro benzene ring substituents is 1. The van der Waals surface area contributed by atoms with E-state index in [1.807, 2.05) is 28.7 Å². The smallest absolute Gasteiger partial charge is 0.270 e. The van der Waals surface area contributed by atoms with Crippen molar-refractivity contribution in [2.75, 3.05) is 13.6 Å². The lowest BCUT2D eigenvalue weighted by Gasteiger charge is -2.13. The van der Waals surface area contributed by atoms with Crippen molar-refractivity contribution in [1.29, 1.82) is 5.26 Å². The summed E-state index contributed by atoms with van der Waals surface area (Å²) in [4.78, 5) is 23.1. The van der Waals surface area contributed by atoms with Crippen molar-refractivity contribution in [2.45, 2.75) is 0 Å². The highest BCUT2D eigenvalue weighted by atomic mass is 127. The van der Waals surface area contributed by atoms with Gasteiger partial charge < -0.3 is 4.90 Å². The predicted molar refractivity (Wildman–Crippen MR) is 68.4 cm³/mol. The molecule has 0 unspecified atom stereocenters. The second-order valence-corrected chi connectivity index (χ2v) is 4.40. The number of rotatable bonds is 3. The molecule has 0 saturated carbocycles. The van der Waals surface area contributed by atoms with E-state index in [1.165, 1.54) is 30.1 Å². The average Bonchev–Trinajstić information content (AvgIpc) is 2.28. The van der Waals surface area contributed by atoms with Crippen LogP contribution < -0.4 is 0 Å². The van der Waals surface area contributed by atoms with Gasteiger partial charge in [0.1, 0.15) is 6.54 Å². The molecule has 1 rings (SSSR count). The Balaban J connectivity index is 3.13. The van der Waals surface area contributed by atoms with E-state index >= 15 is 0 Å².